The van der Waals surface area contributed by atoms with Crippen LogP contribution in [0.4, 0.5) is 0 Å². The SMILES string of the molecule is COc1ccc(CO[C@H]2C[C@H](S(=O)c3c(Cl)cccc3Cl)O[C@@H](C)[C@H]2OC(C)=O)cc1. The van der Waals surface area contributed by atoms with Crippen LogP contribution < -0.4 is 4.74 Å². The molecule has 5 atom stereocenters. The second kappa shape index (κ2) is 10.8. The van der Waals surface area contributed by atoms with Crippen LogP contribution in [0.25, 0.3) is 0 Å². The summed E-state index contributed by atoms with van der Waals surface area (Å²) in [6.45, 7) is 3.38. The highest BCUT2D eigenvalue weighted by atomic mass is 35.5. The van der Waals surface area contributed by atoms with Crippen molar-refractivity contribution >= 4 is 40.0 Å². The van der Waals surface area contributed by atoms with E-state index in [-0.39, 0.29) is 13.0 Å². The minimum absolute atomic E-state index is 0.243. The maximum Gasteiger partial charge on any atom is 0.303 e. The maximum absolute atomic E-state index is 13.2. The third-order valence-corrected chi connectivity index (χ3v) is 7.38. The molecule has 31 heavy (non-hydrogen) atoms. The number of hydrogen-bond donors (Lipinski definition) is 0. The summed E-state index contributed by atoms with van der Waals surface area (Å²) >= 11 is 12.5. The summed E-state index contributed by atoms with van der Waals surface area (Å²) in [4.78, 5) is 12.0. The highest BCUT2D eigenvalue weighted by Crippen LogP contribution is 2.35. The van der Waals surface area contributed by atoms with Crippen LogP contribution in [0, 0.1) is 0 Å². The van der Waals surface area contributed by atoms with E-state index in [9.17, 15) is 9.00 Å². The van der Waals surface area contributed by atoms with Crippen molar-refractivity contribution in [3.8, 4) is 5.75 Å². The minimum Gasteiger partial charge on any atom is -0.497 e. The van der Waals surface area contributed by atoms with Gasteiger partial charge in [-0.1, -0.05) is 41.4 Å². The number of rotatable bonds is 7. The molecule has 1 unspecified atom stereocenters. The van der Waals surface area contributed by atoms with Gasteiger partial charge in [-0.2, -0.15) is 0 Å². The van der Waals surface area contributed by atoms with Crippen LogP contribution in [0.5, 0.6) is 5.75 Å². The number of carbonyl (C=O) groups is 1. The summed E-state index contributed by atoms with van der Waals surface area (Å²) in [5.74, 6) is 0.306. The number of benzene rings is 2. The number of carbonyl (C=O) groups excluding carboxylic acids is 1. The third kappa shape index (κ3) is 5.99. The molecule has 9 heteroatoms. The van der Waals surface area contributed by atoms with Crippen molar-refractivity contribution in [1.29, 1.82) is 0 Å². The van der Waals surface area contributed by atoms with E-state index in [1.54, 1.807) is 32.2 Å². The lowest BCUT2D eigenvalue weighted by Gasteiger charge is -2.39. The van der Waals surface area contributed by atoms with E-state index >= 15 is 0 Å². The van der Waals surface area contributed by atoms with Gasteiger partial charge in [-0.05, 0) is 36.8 Å². The van der Waals surface area contributed by atoms with Crippen LogP contribution in [0.15, 0.2) is 47.4 Å². The van der Waals surface area contributed by atoms with Gasteiger partial charge in [0.25, 0.3) is 0 Å². The van der Waals surface area contributed by atoms with Gasteiger partial charge in [-0.15, -0.1) is 0 Å². The van der Waals surface area contributed by atoms with Crippen molar-refractivity contribution in [1.82, 2.24) is 0 Å². The Morgan fingerprint density at radius 3 is 2.39 bits per heavy atom. The van der Waals surface area contributed by atoms with Crippen molar-refractivity contribution in [2.24, 2.45) is 0 Å². The topological polar surface area (TPSA) is 71.1 Å². The fourth-order valence-corrected chi connectivity index (χ4v) is 5.67. The molecule has 0 saturated carbocycles. The third-order valence-electron chi connectivity index (χ3n) is 4.90. The average molecular weight is 487 g/mol. The molecule has 0 spiro atoms. The minimum atomic E-state index is -1.64. The average Bonchev–Trinajstić information content (AvgIpc) is 2.73. The van der Waals surface area contributed by atoms with E-state index in [2.05, 4.69) is 0 Å². The molecule has 1 saturated heterocycles. The molecule has 0 aliphatic carbocycles. The zero-order valence-corrected chi connectivity index (χ0v) is 19.7. The Morgan fingerprint density at radius 2 is 1.81 bits per heavy atom. The summed E-state index contributed by atoms with van der Waals surface area (Å²) in [5.41, 5.74) is 0.202. The van der Waals surface area contributed by atoms with E-state index in [1.165, 1.54) is 6.92 Å². The summed E-state index contributed by atoms with van der Waals surface area (Å²) < 4.78 is 35.9. The van der Waals surface area contributed by atoms with E-state index in [1.807, 2.05) is 24.3 Å². The molecular formula is C22H24Cl2O6S. The largest absolute Gasteiger partial charge is 0.497 e. The smallest absolute Gasteiger partial charge is 0.303 e. The molecule has 1 aliphatic heterocycles. The summed E-state index contributed by atoms with van der Waals surface area (Å²) in [5, 5.41) is 0.611. The lowest BCUT2D eigenvalue weighted by molar-refractivity contribution is -0.192. The molecule has 1 fully saturated rings. The van der Waals surface area contributed by atoms with Crippen molar-refractivity contribution in [3.05, 3.63) is 58.1 Å². The van der Waals surface area contributed by atoms with Crippen LogP contribution in [0.2, 0.25) is 10.0 Å². The Morgan fingerprint density at radius 1 is 1.16 bits per heavy atom. The van der Waals surface area contributed by atoms with Crippen molar-refractivity contribution in [2.75, 3.05) is 7.11 Å². The first kappa shape index (κ1) is 24.0. The zero-order chi connectivity index (χ0) is 22.5. The van der Waals surface area contributed by atoms with Crippen molar-refractivity contribution in [2.45, 2.75) is 55.5 Å². The van der Waals surface area contributed by atoms with Gasteiger partial charge in [0, 0.05) is 13.3 Å². The quantitative estimate of drug-likeness (QED) is 0.525. The Kier molecular flexibility index (Phi) is 8.36. The van der Waals surface area contributed by atoms with E-state index < -0.39 is 40.5 Å². The molecular weight excluding hydrogens is 463 g/mol. The molecule has 2 aromatic rings. The molecule has 1 aliphatic rings. The second-order valence-electron chi connectivity index (χ2n) is 7.13. The van der Waals surface area contributed by atoms with Gasteiger partial charge in [0.05, 0.1) is 45.6 Å². The van der Waals surface area contributed by atoms with Crippen LogP contribution in [0.1, 0.15) is 25.8 Å². The van der Waals surface area contributed by atoms with Crippen molar-refractivity contribution < 1.29 is 28.0 Å². The molecule has 0 amide bonds. The molecule has 168 valence electrons. The predicted molar refractivity (Wildman–Crippen MR) is 119 cm³/mol. The summed E-state index contributed by atoms with van der Waals surface area (Å²) in [7, 11) is -0.0362. The first-order valence-electron chi connectivity index (χ1n) is 9.72. The first-order chi connectivity index (χ1) is 14.8. The molecule has 1 heterocycles. The number of halogens is 2. The standard InChI is InChI=1S/C22H24Cl2O6S/c1-13-21(30-14(2)25)19(28-12-15-7-9-16(27-3)10-8-15)11-20(29-13)31(26)22-17(23)5-4-6-18(22)24/h4-10,13,19-21H,11-12H2,1-3H3/t13-,19-,20-,21+,31?/m0/s1. The number of ether oxygens (including phenoxy) is 4. The van der Waals surface area contributed by atoms with Crippen molar-refractivity contribution in [3.63, 3.8) is 0 Å². The Hall–Kier alpha value is -1.64. The van der Waals surface area contributed by atoms with Crippen LogP contribution in [-0.4, -0.2) is 41.0 Å². The van der Waals surface area contributed by atoms with Gasteiger partial charge in [0.15, 0.2) is 6.10 Å². The van der Waals surface area contributed by atoms with Crippen LogP contribution in [-0.2, 0) is 36.4 Å². The normalized spacial score (nSPS) is 24.4. The predicted octanol–water partition coefficient (Wildman–Crippen LogP) is 4.76. The molecule has 3 rings (SSSR count). The molecule has 2 aromatic carbocycles. The van der Waals surface area contributed by atoms with Gasteiger partial charge in [-0.3, -0.25) is 9.00 Å². The number of esters is 1. The van der Waals surface area contributed by atoms with Crippen LogP contribution in [0.3, 0.4) is 0 Å². The Labute approximate surface area is 194 Å². The molecule has 0 N–H and O–H groups in total. The summed E-state index contributed by atoms with van der Waals surface area (Å²) in [6.07, 6.45) is -1.45. The highest BCUT2D eigenvalue weighted by Gasteiger charge is 2.42. The van der Waals surface area contributed by atoms with Gasteiger partial charge >= 0.3 is 5.97 Å². The second-order valence-corrected chi connectivity index (χ2v) is 9.47. The molecule has 0 aromatic heterocycles. The van der Waals surface area contributed by atoms with Gasteiger partial charge in [0.1, 0.15) is 17.3 Å². The van der Waals surface area contributed by atoms with Gasteiger partial charge < -0.3 is 18.9 Å². The Balaban J connectivity index is 1.78. The fourth-order valence-electron chi connectivity index (χ4n) is 3.39. The maximum atomic E-state index is 13.2. The van der Waals surface area contributed by atoms with E-state index in [0.717, 1.165) is 11.3 Å². The van der Waals surface area contributed by atoms with Gasteiger partial charge in [0.2, 0.25) is 0 Å². The lowest BCUT2D eigenvalue weighted by Crippen LogP contribution is -2.51. The summed E-state index contributed by atoms with van der Waals surface area (Å²) in [6, 6.07) is 12.4. The lowest BCUT2D eigenvalue weighted by atomic mass is 10.0. The Bertz CT molecular complexity index is 916. The fraction of sp³-hybridized carbons (Fsp3) is 0.409. The number of methoxy groups -OCH3 is 1. The zero-order valence-electron chi connectivity index (χ0n) is 17.4. The monoisotopic (exact) mass is 486 g/mol. The molecule has 0 radical (unpaired) electrons. The van der Waals surface area contributed by atoms with Gasteiger partial charge in [-0.25, -0.2) is 0 Å². The van der Waals surface area contributed by atoms with E-state index in [4.69, 9.17) is 42.1 Å². The van der Waals surface area contributed by atoms with Crippen LogP contribution >= 0.6 is 23.2 Å². The number of hydrogen-bond acceptors (Lipinski definition) is 6. The first-order valence-corrected chi connectivity index (χ1v) is 11.7. The van der Waals surface area contributed by atoms with E-state index in [0.29, 0.717) is 14.9 Å². The molecule has 6 nitrogen and oxygen atoms in total. The molecule has 0 bridgehead atoms. The highest BCUT2D eigenvalue weighted by molar-refractivity contribution is 7.85.